The van der Waals surface area contributed by atoms with E-state index in [0.717, 1.165) is 31.4 Å². The average molecular weight is 283 g/mol. The van der Waals surface area contributed by atoms with E-state index in [1.165, 1.54) is 11.1 Å². The summed E-state index contributed by atoms with van der Waals surface area (Å²) in [6.45, 7) is 3.07. The predicted molar refractivity (Wildman–Crippen MR) is 84.8 cm³/mol. The van der Waals surface area contributed by atoms with Gasteiger partial charge in [0, 0.05) is 12.6 Å². The Morgan fingerprint density at radius 3 is 2.33 bits per heavy atom. The van der Waals surface area contributed by atoms with Crippen LogP contribution in [-0.2, 0) is 13.0 Å². The van der Waals surface area contributed by atoms with Gasteiger partial charge in [-0.3, -0.25) is 0 Å². The number of hydrogen-bond acceptors (Lipinski definition) is 1. The molecule has 0 spiro atoms. The summed E-state index contributed by atoms with van der Waals surface area (Å²) in [6.07, 6.45) is 3.16. The van der Waals surface area contributed by atoms with Gasteiger partial charge in [-0.2, -0.15) is 0 Å². The second-order valence-corrected chi connectivity index (χ2v) is 5.94. The maximum atomic E-state index is 13.7. The lowest BCUT2D eigenvalue weighted by Crippen LogP contribution is -2.39. The lowest BCUT2D eigenvalue weighted by molar-refractivity contribution is 0.284. The number of halogens is 1. The number of rotatable bonds is 5. The molecule has 0 saturated heterocycles. The number of benzene rings is 2. The van der Waals surface area contributed by atoms with Gasteiger partial charge < -0.3 is 5.32 Å². The summed E-state index contributed by atoms with van der Waals surface area (Å²) in [5.74, 6) is 0.322. The van der Waals surface area contributed by atoms with Crippen LogP contribution in [0.4, 0.5) is 4.39 Å². The van der Waals surface area contributed by atoms with E-state index in [0.29, 0.717) is 12.0 Å². The van der Waals surface area contributed by atoms with Crippen molar-refractivity contribution < 1.29 is 4.39 Å². The molecule has 1 aliphatic carbocycles. The van der Waals surface area contributed by atoms with Gasteiger partial charge in [-0.1, -0.05) is 49.4 Å². The lowest BCUT2D eigenvalue weighted by atomic mass is 9.75. The summed E-state index contributed by atoms with van der Waals surface area (Å²) >= 11 is 0. The first-order valence-corrected chi connectivity index (χ1v) is 7.82. The molecule has 2 aromatic rings. The van der Waals surface area contributed by atoms with Crippen LogP contribution in [0.15, 0.2) is 48.5 Å². The highest BCUT2D eigenvalue weighted by molar-refractivity contribution is 5.25. The van der Waals surface area contributed by atoms with E-state index in [-0.39, 0.29) is 5.82 Å². The molecular formula is C19H22FN. The maximum Gasteiger partial charge on any atom is 0.126 e. The Labute approximate surface area is 126 Å². The van der Waals surface area contributed by atoms with E-state index in [2.05, 4.69) is 36.5 Å². The highest BCUT2D eigenvalue weighted by Crippen LogP contribution is 2.38. The van der Waals surface area contributed by atoms with E-state index in [1.54, 1.807) is 12.1 Å². The van der Waals surface area contributed by atoms with Crippen LogP contribution in [0.25, 0.3) is 0 Å². The third-order valence-electron chi connectivity index (χ3n) is 4.51. The minimum Gasteiger partial charge on any atom is -0.310 e. The van der Waals surface area contributed by atoms with Crippen molar-refractivity contribution in [3.8, 4) is 0 Å². The molecule has 2 aromatic carbocycles. The van der Waals surface area contributed by atoms with E-state index >= 15 is 0 Å². The number of nitrogens with one attached hydrogen (secondary N) is 1. The van der Waals surface area contributed by atoms with Crippen molar-refractivity contribution in [2.24, 2.45) is 0 Å². The molecule has 0 radical (unpaired) electrons. The molecule has 0 aliphatic heterocycles. The molecule has 0 amide bonds. The van der Waals surface area contributed by atoms with Gasteiger partial charge >= 0.3 is 0 Å². The predicted octanol–water partition coefficient (Wildman–Crippen LogP) is 4.42. The Kier molecular flexibility index (Phi) is 4.35. The first-order valence-electron chi connectivity index (χ1n) is 7.82. The topological polar surface area (TPSA) is 12.0 Å². The highest BCUT2D eigenvalue weighted by Gasteiger charge is 2.31. The highest BCUT2D eigenvalue weighted by atomic mass is 19.1. The maximum absolute atomic E-state index is 13.7. The Hall–Kier alpha value is -1.67. The second kappa shape index (κ2) is 6.40. The van der Waals surface area contributed by atoms with Crippen molar-refractivity contribution in [1.29, 1.82) is 0 Å². The largest absolute Gasteiger partial charge is 0.310 e. The Bertz CT molecular complexity index is 585. The Morgan fingerprint density at radius 1 is 1.00 bits per heavy atom. The van der Waals surface area contributed by atoms with Gasteiger partial charge in [-0.15, -0.1) is 0 Å². The molecule has 1 fully saturated rings. The molecule has 110 valence electrons. The van der Waals surface area contributed by atoms with E-state index in [9.17, 15) is 4.39 Å². The minimum atomic E-state index is -0.0592. The third-order valence-corrected chi connectivity index (χ3v) is 4.51. The van der Waals surface area contributed by atoms with Crippen molar-refractivity contribution >= 4 is 0 Å². The van der Waals surface area contributed by atoms with Gasteiger partial charge in [-0.05, 0) is 47.9 Å². The van der Waals surface area contributed by atoms with Crippen LogP contribution in [-0.4, -0.2) is 6.04 Å². The zero-order valence-corrected chi connectivity index (χ0v) is 12.5. The summed E-state index contributed by atoms with van der Waals surface area (Å²) in [5.41, 5.74) is 3.58. The van der Waals surface area contributed by atoms with E-state index in [1.807, 2.05) is 12.1 Å². The molecule has 0 bridgehead atoms. The molecule has 21 heavy (non-hydrogen) atoms. The summed E-state index contributed by atoms with van der Waals surface area (Å²) in [5, 5.41) is 3.57. The standard InChI is InChI=1S/C19H22FN/c1-2-14-7-9-15(10-8-14)13-21-17-11-16(12-17)18-5-3-4-6-19(18)20/h3-10,16-17,21H,2,11-13H2,1H3. The lowest BCUT2D eigenvalue weighted by Gasteiger charge is -2.36. The SMILES string of the molecule is CCc1ccc(CNC2CC(c3ccccc3F)C2)cc1. The summed E-state index contributed by atoms with van der Waals surface area (Å²) in [4.78, 5) is 0. The monoisotopic (exact) mass is 283 g/mol. The van der Waals surface area contributed by atoms with Crippen LogP contribution in [0.3, 0.4) is 0 Å². The fraction of sp³-hybridized carbons (Fsp3) is 0.368. The fourth-order valence-corrected chi connectivity index (χ4v) is 3.00. The van der Waals surface area contributed by atoms with Crippen LogP contribution in [0.2, 0.25) is 0 Å². The molecule has 1 aliphatic rings. The molecule has 3 rings (SSSR count). The summed E-state index contributed by atoms with van der Waals surface area (Å²) < 4.78 is 13.7. The molecule has 0 aromatic heterocycles. The van der Waals surface area contributed by atoms with Crippen LogP contribution in [0.1, 0.15) is 42.4 Å². The first-order chi connectivity index (χ1) is 10.3. The van der Waals surface area contributed by atoms with Crippen LogP contribution >= 0.6 is 0 Å². The Balaban J connectivity index is 1.48. The van der Waals surface area contributed by atoms with Crippen molar-refractivity contribution in [1.82, 2.24) is 5.32 Å². The van der Waals surface area contributed by atoms with Crippen molar-refractivity contribution in [2.75, 3.05) is 0 Å². The molecule has 0 heterocycles. The third kappa shape index (κ3) is 3.33. The van der Waals surface area contributed by atoms with Crippen LogP contribution in [0.5, 0.6) is 0 Å². The van der Waals surface area contributed by atoms with Gasteiger partial charge in [0.1, 0.15) is 5.82 Å². The first kappa shape index (κ1) is 14.3. The Morgan fingerprint density at radius 2 is 1.67 bits per heavy atom. The zero-order valence-electron chi connectivity index (χ0n) is 12.5. The van der Waals surface area contributed by atoms with E-state index < -0.39 is 0 Å². The minimum absolute atomic E-state index is 0.0592. The molecular weight excluding hydrogens is 261 g/mol. The smallest absolute Gasteiger partial charge is 0.126 e. The van der Waals surface area contributed by atoms with Crippen molar-refractivity contribution in [2.45, 2.75) is 44.7 Å². The molecule has 2 heteroatoms. The van der Waals surface area contributed by atoms with Crippen molar-refractivity contribution in [3.05, 3.63) is 71.0 Å². The van der Waals surface area contributed by atoms with Crippen LogP contribution in [0, 0.1) is 5.82 Å². The fourth-order valence-electron chi connectivity index (χ4n) is 3.00. The molecule has 0 atom stereocenters. The second-order valence-electron chi connectivity index (χ2n) is 5.94. The molecule has 0 unspecified atom stereocenters. The molecule has 1 nitrogen and oxygen atoms in total. The van der Waals surface area contributed by atoms with E-state index in [4.69, 9.17) is 0 Å². The van der Waals surface area contributed by atoms with Crippen LogP contribution < -0.4 is 5.32 Å². The number of hydrogen-bond donors (Lipinski definition) is 1. The number of aryl methyl sites for hydroxylation is 1. The molecule has 1 saturated carbocycles. The van der Waals surface area contributed by atoms with Gasteiger partial charge in [-0.25, -0.2) is 4.39 Å². The van der Waals surface area contributed by atoms with Gasteiger partial charge in [0.25, 0.3) is 0 Å². The average Bonchev–Trinajstić information content (AvgIpc) is 2.48. The summed E-state index contributed by atoms with van der Waals surface area (Å²) in [7, 11) is 0. The zero-order chi connectivity index (χ0) is 14.7. The van der Waals surface area contributed by atoms with Gasteiger partial charge in [0.05, 0.1) is 0 Å². The van der Waals surface area contributed by atoms with Gasteiger partial charge in [0.15, 0.2) is 0 Å². The van der Waals surface area contributed by atoms with Crippen molar-refractivity contribution in [3.63, 3.8) is 0 Å². The quantitative estimate of drug-likeness (QED) is 0.856. The summed E-state index contributed by atoms with van der Waals surface area (Å²) in [6, 6.07) is 16.4. The molecule has 1 N–H and O–H groups in total. The van der Waals surface area contributed by atoms with Gasteiger partial charge in [0.2, 0.25) is 0 Å². The normalized spacial score (nSPS) is 21.0.